The van der Waals surface area contributed by atoms with Crippen molar-refractivity contribution in [3.63, 3.8) is 0 Å². The number of aliphatic hydroxyl groups excluding tert-OH is 1. The van der Waals surface area contributed by atoms with E-state index in [2.05, 4.69) is 6.08 Å². The second-order valence-corrected chi connectivity index (χ2v) is 17.0. The number of allylic oxidation sites excluding steroid dienone is 2. The third kappa shape index (κ3) is 7.46. The number of thiophene rings is 1. The molecule has 47 heavy (non-hydrogen) atoms. The van der Waals surface area contributed by atoms with Crippen LogP contribution >= 0.6 is 22.9 Å². The average Bonchev–Trinajstić information content (AvgIpc) is 3.65. The molecule has 0 spiro atoms. The van der Waals surface area contributed by atoms with Crippen LogP contribution in [0.3, 0.4) is 0 Å². The zero-order valence-corrected chi connectivity index (χ0v) is 29.7. The van der Waals surface area contributed by atoms with Crippen LogP contribution in [-0.4, -0.2) is 53.5 Å². The maximum atomic E-state index is 14.8. The van der Waals surface area contributed by atoms with E-state index in [0.717, 1.165) is 28.0 Å². The van der Waals surface area contributed by atoms with Crippen molar-refractivity contribution in [3.8, 4) is 0 Å². The molecule has 6 rings (SSSR count). The van der Waals surface area contributed by atoms with Crippen LogP contribution < -0.4 is 0 Å². The van der Waals surface area contributed by atoms with Gasteiger partial charge in [0.15, 0.2) is 5.78 Å². The molecule has 0 amide bonds. The van der Waals surface area contributed by atoms with E-state index in [4.69, 9.17) is 11.6 Å². The molecule has 3 aliphatic carbocycles. The number of fused-ring (bicyclic) bond motifs is 8. The van der Waals surface area contributed by atoms with Gasteiger partial charge in [-0.05, 0) is 105 Å². The Labute approximate surface area is 287 Å². The van der Waals surface area contributed by atoms with Gasteiger partial charge >= 0.3 is 0 Å². The van der Waals surface area contributed by atoms with Gasteiger partial charge in [-0.2, -0.15) is 4.31 Å². The van der Waals surface area contributed by atoms with Gasteiger partial charge in [-0.1, -0.05) is 61.4 Å². The summed E-state index contributed by atoms with van der Waals surface area (Å²) in [7, 11) is -3.83. The Hall–Kier alpha value is -2.40. The minimum atomic E-state index is -3.83. The Balaban J connectivity index is 1.61. The molecule has 1 aromatic heterocycles. The molecule has 1 saturated carbocycles. The summed E-state index contributed by atoms with van der Waals surface area (Å²) in [5.41, 5.74) is 1.06. The van der Waals surface area contributed by atoms with Gasteiger partial charge in [-0.3, -0.25) is 4.79 Å². The number of ketones is 1. The predicted octanol–water partition coefficient (Wildman–Crippen LogP) is 8.11. The molecule has 4 unspecified atom stereocenters. The highest BCUT2D eigenvalue weighted by atomic mass is 35.5. The lowest BCUT2D eigenvalue weighted by molar-refractivity contribution is -0.0723. The third-order valence-electron chi connectivity index (χ3n) is 10.4. The van der Waals surface area contributed by atoms with Crippen LogP contribution in [0.25, 0.3) is 0 Å². The van der Waals surface area contributed by atoms with E-state index in [9.17, 15) is 27.8 Å². The predicted molar refractivity (Wildman–Crippen MR) is 186 cm³/mol. The van der Waals surface area contributed by atoms with Gasteiger partial charge in [0.25, 0.3) is 10.0 Å². The molecule has 1 fully saturated rings. The zero-order chi connectivity index (χ0) is 34.0. The molecule has 4 atom stereocenters. The molecule has 10 heteroatoms. The van der Waals surface area contributed by atoms with Crippen molar-refractivity contribution in [2.24, 2.45) is 5.41 Å². The van der Waals surface area contributed by atoms with Crippen LogP contribution in [0.4, 0.5) is 4.39 Å². The number of sulfonamides is 1. The lowest BCUT2D eigenvalue weighted by atomic mass is 9.64. The minimum absolute atomic E-state index is 0.0604. The molecular weight excluding hydrogens is 657 g/mol. The van der Waals surface area contributed by atoms with Crippen molar-refractivity contribution in [1.82, 2.24) is 4.31 Å². The Morgan fingerprint density at radius 3 is 2.64 bits per heavy atom. The second kappa shape index (κ2) is 14.6. The van der Waals surface area contributed by atoms with E-state index in [-0.39, 0.29) is 46.0 Å². The summed E-state index contributed by atoms with van der Waals surface area (Å²) in [6.45, 7) is 6.21. The van der Waals surface area contributed by atoms with E-state index in [1.807, 2.05) is 39.0 Å². The summed E-state index contributed by atoms with van der Waals surface area (Å²) in [4.78, 5) is 14.1. The second-order valence-electron chi connectivity index (χ2n) is 13.5. The summed E-state index contributed by atoms with van der Waals surface area (Å²) in [5, 5.41) is 25.5. The van der Waals surface area contributed by atoms with Gasteiger partial charge in [0, 0.05) is 41.1 Å². The van der Waals surface area contributed by atoms with Crippen LogP contribution in [0.2, 0.25) is 5.02 Å². The Kier molecular flexibility index (Phi) is 11.2. The fourth-order valence-electron chi connectivity index (χ4n) is 7.56. The Morgan fingerprint density at radius 1 is 1.15 bits per heavy atom. The SMILES string of the molecule is CCCN(CC1(O)CCC2c3ccc(cc3C(=O)Cc3c(F)cccc3Cl)CC(O)CCC(C)=CCCC21C)S(=O)(=O)c1cccs1. The highest BCUT2D eigenvalue weighted by Gasteiger charge is 2.58. The topological polar surface area (TPSA) is 94.9 Å². The smallest absolute Gasteiger partial charge is 0.252 e. The molecule has 0 aliphatic heterocycles. The molecule has 3 aliphatic rings. The van der Waals surface area contributed by atoms with E-state index in [1.54, 1.807) is 23.6 Å². The number of rotatable bonds is 9. The van der Waals surface area contributed by atoms with Gasteiger partial charge in [0.05, 0.1) is 11.7 Å². The summed E-state index contributed by atoms with van der Waals surface area (Å²) in [6.07, 6.45) is 5.66. The van der Waals surface area contributed by atoms with Gasteiger partial charge in [-0.25, -0.2) is 12.8 Å². The monoisotopic (exact) mass is 701 g/mol. The third-order valence-corrected chi connectivity index (χ3v) is 13.9. The first kappa shape index (κ1) is 35.9. The molecule has 2 N–H and O–H groups in total. The number of halogens is 2. The van der Waals surface area contributed by atoms with Crippen LogP contribution in [0.1, 0.15) is 98.7 Å². The number of carbonyl (C=O) groups is 1. The molecule has 0 saturated heterocycles. The molecule has 2 bridgehead atoms. The minimum Gasteiger partial charge on any atom is -0.393 e. The zero-order valence-electron chi connectivity index (χ0n) is 27.3. The largest absolute Gasteiger partial charge is 0.393 e. The van der Waals surface area contributed by atoms with Crippen molar-refractivity contribution in [2.45, 2.75) is 100 Å². The number of hydrogen-bond donors (Lipinski definition) is 2. The van der Waals surface area contributed by atoms with Crippen molar-refractivity contribution in [3.05, 3.63) is 98.7 Å². The standard InChI is InChI=1S/C37H45ClFNO5S2/c1-4-19-40(47(44,45)35-11-7-20-46-35)24-37(43)18-16-31-28-15-13-26(21-27(41)14-12-25(2)8-6-17-36(31,37)3)22-29(28)34(42)23-30-32(38)9-5-10-33(30)39/h5,7-11,13,15,20,22,27,31,41,43H,4,6,12,14,16-19,21,23-24H2,1-3H3. The Morgan fingerprint density at radius 2 is 1.94 bits per heavy atom. The highest BCUT2D eigenvalue weighted by Crippen LogP contribution is 2.59. The maximum Gasteiger partial charge on any atom is 0.252 e. The number of Topliss-reactive ketones (excluding diaryl/α,β-unsaturated/α-hetero) is 1. The number of nitrogens with zero attached hydrogens (tertiary/aromatic N) is 1. The van der Waals surface area contributed by atoms with E-state index < -0.39 is 33.0 Å². The summed E-state index contributed by atoms with van der Waals surface area (Å²) in [5.74, 6) is -1.13. The van der Waals surface area contributed by atoms with Crippen LogP contribution in [0, 0.1) is 11.2 Å². The molecule has 6 nitrogen and oxygen atoms in total. The van der Waals surface area contributed by atoms with E-state index >= 15 is 0 Å². The molecular formula is C37H45ClFNO5S2. The van der Waals surface area contributed by atoms with Gasteiger partial charge in [0.2, 0.25) is 0 Å². The van der Waals surface area contributed by atoms with Crippen LogP contribution in [0.15, 0.2) is 69.8 Å². The lowest BCUT2D eigenvalue weighted by Crippen LogP contribution is -2.53. The van der Waals surface area contributed by atoms with Gasteiger partial charge in [0.1, 0.15) is 10.0 Å². The molecule has 0 radical (unpaired) electrons. The van der Waals surface area contributed by atoms with Gasteiger partial charge < -0.3 is 10.2 Å². The van der Waals surface area contributed by atoms with Crippen molar-refractivity contribution in [2.75, 3.05) is 13.1 Å². The number of carbonyl (C=O) groups excluding carboxylic acids is 1. The van der Waals surface area contributed by atoms with E-state index in [1.165, 1.54) is 16.4 Å². The molecule has 3 aromatic rings. The maximum absolute atomic E-state index is 14.8. The summed E-state index contributed by atoms with van der Waals surface area (Å²) < 4.78 is 44.1. The average molecular weight is 702 g/mol. The quantitative estimate of drug-likeness (QED) is 0.174. The highest BCUT2D eigenvalue weighted by molar-refractivity contribution is 7.91. The first-order valence-corrected chi connectivity index (χ1v) is 19.2. The van der Waals surface area contributed by atoms with Crippen LogP contribution in [0.5, 0.6) is 0 Å². The molecule has 1 heterocycles. The number of hydrogen-bond acceptors (Lipinski definition) is 6. The van der Waals surface area contributed by atoms with E-state index in [0.29, 0.717) is 56.9 Å². The molecule has 254 valence electrons. The van der Waals surface area contributed by atoms with Gasteiger partial charge in [-0.15, -0.1) is 11.3 Å². The summed E-state index contributed by atoms with van der Waals surface area (Å²) in [6, 6.07) is 13.3. The van der Waals surface area contributed by atoms with Crippen molar-refractivity contribution < 1.29 is 27.8 Å². The van der Waals surface area contributed by atoms with Crippen LogP contribution in [-0.2, 0) is 22.9 Å². The first-order valence-electron chi connectivity index (χ1n) is 16.5. The van der Waals surface area contributed by atoms with Crippen molar-refractivity contribution in [1.29, 1.82) is 0 Å². The fourth-order valence-corrected chi connectivity index (χ4v) is 10.5. The summed E-state index contributed by atoms with van der Waals surface area (Å²) >= 11 is 7.50. The Bertz CT molecular complexity index is 1710. The number of benzene rings is 2. The lowest BCUT2D eigenvalue weighted by Gasteiger charge is -2.46. The first-order chi connectivity index (χ1) is 22.3. The fraction of sp³-hybridized carbons (Fsp3) is 0.486. The molecule has 2 aromatic carbocycles. The number of aliphatic hydroxyl groups is 2. The van der Waals surface area contributed by atoms with Crippen molar-refractivity contribution >= 4 is 38.7 Å². The normalized spacial score (nSPS) is 25.4.